The molecule has 1 saturated heterocycles. The summed E-state index contributed by atoms with van der Waals surface area (Å²) in [5.41, 5.74) is 1.13. The second-order valence-corrected chi connectivity index (χ2v) is 5.97. The van der Waals surface area contributed by atoms with E-state index >= 15 is 0 Å². The third-order valence-electron chi connectivity index (χ3n) is 4.10. The van der Waals surface area contributed by atoms with Gasteiger partial charge in [0.25, 0.3) is 0 Å². The second-order valence-electron chi connectivity index (χ2n) is 5.97. The molecule has 4 nitrogen and oxygen atoms in total. The Kier molecular flexibility index (Phi) is 11.0. The lowest BCUT2D eigenvalue weighted by Crippen LogP contribution is -2.39. The Morgan fingerprint density at radius 2 is 1.83 bits per heavy atom. The Balaban J connectivity index is 0.00000288. The fourth-order valence-electron chi connectivity index (χ4n) is 2.80. The molecule has 0 aromatic heterocycles. The molecule has 0 bridgehead atoms. The van der Waals surface area contributed by atoms with E-state index in [1.807, 2.05) is 12.1 Å². The molecule has 0 aliphatic carbocycles. The van der Waals surface area contributed by atoms with Gasteiger partial charge in [-0.15, -0.1) is 24.0 Å². The molecule has 1 heterocycles. The van der Waals surface area contributed by atoms with E-state index in [0.29, 0.717) is 0 Å². The summed E-state index contributed by atoms with van der Waals surface area (Å²) in [4.78, 5) is 7.14. The predicted octanol–water partition coefficient (Wildman–Crippen LogP) is 3.03. The van der Waals surface area contributed by atoms with Crippen LogP contribution in [0.25, 0.3) is 0 Å². The number of piperidine rings is 1. The predicted molar refractivity (Wildman–Crippen MR) is 110 cm³/mol. The molecule has 1 aliphatic rings. The van der Waals surface area contributed by atoms with Gasteiger partial charge >= 0.3 is 0 Å². The highest BCUT2D eigenvalue weighted by Gasteiger charge is 2.08. The third kappa shape index (κ3) is 8.28. The number of rotatable bonds is 7. The number of nitrogens with one attached hydrogen (secondary N) is 2. The molecule has 0 radical (unpaired) electrons. The van der Waals surface area contributed by atoms with Gasteiger partial charge in [-0.25, -0.2) is 4.39 Å². The number of guanidine groups is 1. The highest BCUT2D eigenvalue weighted by atomic mass is 127. The summed E-state index contributed by atoms with van der Waals surface area (Å²) in [6.45, 7) is 8.00. The third-order valence-corrected chi connectivity index (χ3v) is 4.10. The van der Waals surface area contributed by atoms with Crippen molar-refractivity contribution in [1.82, 2.24) is 15.5 Å². The van der Waals surface area contributed by atoms with E-state index in [4.69, 9.17) is 0 Å². The maximum absolute atomic E-state index is 12.9. The molecular weight excluding hydrogens is 418 g/mol. The number of likely N-dealkylation sites (tertiary alicyclic amines) is 1. The van der Waals surface area contributed by atoms with Crippen molar-refractivity contribution in [2.24, 2.45) is 4.99 Å². The van der Waals surface area contributed by atoms with Gasteiger partial charge in [-0.3, -0.25) is 4.99 Å². The van der Waals surface area contributed by atoms with Crippen molar-refractivity contribution in [3.63, 3.8) is 0 Å². The van der Waals surface area contributed by atoms with Crippen molar-refractivity contribution in [2.45, 2.75) is 32.6 Å². The van der Waals surface area contributed by atoms with Crippen molar-refractivity contribution in [3.05, 3.63) is 35.6 Å². The van der Waals surface area contributed by atoms with Crippen molar-refractivity contribution >= 4 is 29.9 Å². The minimum absolute atomic E-state index is 0. The number of hydrogen-bond acceptors (Lipinski definition) is 2. The normalized spacial score (nSPS) is 15.7. The van der Waals surface area contributed by atoms with Gasteiger partial charge in [0, 0.05) is 19.6 Å². The van der Waals surface area contributed by atoms with Crippen LogP contribution >= 0.6 is 24.0 Å². The topological polar surface area (TPSA) is 39.7 Å². The summed E-state index contributed by atoms with van der Waals surface area (Å²) < 4.78 is 12.9. The molecule has 0 saturated carbocycles. The Labute approximate surface area is 162 Å². The first kappa shape index (κ1) is 21.2. The monoisotopic (exact) mass is 448 g/mol. The van der Waals surface area contributed by atoms with E-state index in [1.165, 1.54) is 44.5 Å². The highest BCUT2D eigenvalue weighted by Crippen LogP contribution is 2.07. The SMILES string of the molecule is CCNC(=NCCN1CCCCC1)NCCc1ccc(F)cc1.I. The van der Waals surface area contributed by atoms with Crippen LogP contribution in [0, 0.1) is 5.82 Å². The van der Waals surface area contributed by atoms with Crippen LogP contribution in [0.5, 0.6) is 0 Å². The number of halogens is 2. The summed E-state index contributed by atoms with van der Waals surface area (Å²) in [5.74, 6) is 0.681. The van der Waals surface area contributed by atoms with E-state index in [1.54, 1.807) is 0 Å². The molecule has 2 N–H and O–H groups in total. The zero-order valence-corrected chi connectivity index (χ0v) is 16.9. The van der Waals surface area contributed by atoms with Crippen LogP contribution in [0.2, 0.25) is 0 Å². The van der Waals surface area contributed by atoms with Gasteiger partial charge in [-0.05, 0) is 57.0 Å². The molecule has 1 aliphatic heterocycles. The smallest absolute Gasteiger partial charge is 0.191 e. The van der Waals surface area contributed by atoms with Gasteiger partial charge in [-0.1, -0.05) is 18.6 Å². The zero-order valence-electron chi connectivity index (χ0n) is 14.6. The molecule has 0 unspecified atom stereocenters. The summed E-state index contributed by atoms with van der Waals surface area (Å²) in [7, 11) is 0. The van der Waals surface area contributed by atoms with Crippen LogP contribution < -0.4 is 10.6 Å². The highest BCUT2D eigenvalue weighted by molar-refractivity contribution is 14.0. The van der Waals surface area contributed by atoms with Crippen molar-refractivity contribution < 1.29 is 4.39 Å². The second kappa shape index (κ2) is 12.5. The molecule has 1 fully saturated rings. The van der Waals surface area contributed by atoms with E-state index in [9.17, 15) is 4.39 Å². The van der Waals surface area contributed by atoms with E-state index in [2.05, 4.69) is 27.4 Å². The molecule has 2 rings (SSSR count). The molecule has 6 heteroatoms. The van der Waals surface area contributed by atoms with Gasteiger partial charge in [0.2, 0.25) is 0 Å². The maximum atomic E-state index is 12.9. The summed E-state index contributed by atoms with van der Waals surface area (Å²) in [6, 6.07) is 6.68. The first-order chi connectivity index (χ1) is 11.3. The molecule has 1 aromatic carbocycles. The van der Waals surface area contributed by atoms with Gasteiger partial charge in [0.05, 0.1) is 6.54 Å². The number of aliphatic imine (C=N–C) groups is 1. The Hall–Kier alpha value is -0.890. The van der Waals surface area contributed by atoms with Crippen LogP contribution in [0.4, 0.5) is 4.39 Å². The lowest BCUT2D eigenvalue weighted by Gasteiger charge is -2.25. The first-order valence-corrected chi connectivity index (χ1v) is 8.77. The number of nitrogens with zero attached hydrogens (tertiary/aromatic N) is 2. The van der Waals surface area contributed by atoms with Gasteiger partial charge < -0.3 is 15.5 Å². The zero-order chi connectivity index (χ0) is 16.3. The average Bonchev–Trinajstić information content (AvgIpc) is 2.58. The molecular formula is C18H30FIN4. The fourth-order valence-corrected chi connectivity index (χ4v) is 2.80. The molecule has 0 spiro atoms. The fraction of sp³-hybridized carbons (Fsp3) is 0.611. The summed E-state index contributed by atoms with van der Waals surface area (Å²) >= 11 is 0. The quantitative estimate of drug-likeness (QED) is 0.383. The van der Waals surface area contributed by atoms with Crippen molar-refractivity contribution in [1.29, 1.82) is 0 Å². The van der Waals surface area contributed by atoms with E-state index in [-0.39, 0.29) is 29.8 Å². The van der Waals surface area contributed by atoms with Crippen LogP contribution in [0.15, 0.2) is 29.3 Å². The minimum Gasteiger partial charge on any atom is -0.357 e. The summed E-state index contributed by atoms with van der Waals surface area (Å²) in [6.07, 6.45) is 4.86. The molecule has 1 aromatic rings. The van der Waals surface area contributed by atoms with Crippen molar-refractivity contribution in [3.8, 4) is 0 Å². The molecule has 24 heavy (non-hydrogen) atoms. The number of benzene rings is 1. The first-order valence-electron chi connectivity index (χ1n) is 8.77. The summed E-state index contributed by atoms with van der Waals surface area (Å²) in [5, 5.41) is 6.62. The minimum atomic E-state index is -0.186. The van der Waals surface area contributed by atoms with E-state index in [0.717, 1.165) is 44.1 Å². The van der Waals surface area contributed by atoms with Gasteiger partial charge in [0.15, 0.2) is 5.96 Å². The molecule has 136 valence electrons. The van der Waals surface area contributed by atoms with Crippen LogP contribution in [-0.2, 0) is 6.42 Å². The molecule has 0 amide bonds. The van der Waals surface area contributed by atoms with Gasteiger partial charge in [-0.2, -0.15) is 0 Å². The Morgan fingerprint density at radius 1 is 1.12 bits per heavy atom. The lowest BCUT2D eigenvalue weighted by molar-refractivity contribution is 0.235. The standard InChI is InChI=1S/C18H29FN4.HI/c1-2-20-18(22-12-15-23-13-4-3-5-14-23)21-11-10-16-6-8-17(19)9-7-16;/h6-9H,2-5,10-15H2,1H3,(H2,20,21,22);1H. The Bertz CT molecular complexity index is 472. The van der Waals surface area contributed by atoms with Crippen molar-refractivity contribution in [2.75, 3.05) is 39.3 Å². The largest absolute Gasteiger partial charge is 0.357 e. The van der Waals surface area contributed by atoms with Gasteiger partial charge in [0.1, 0.15) is 5.82 Å². The lowest BCUT2D eigenvalue weighted by atomic mass is 10.1. The maximum Gasteiger partial charge on any atom is 0.191 e. The van der Waals surface area contributed by atoms with Crippen LogP contribution in [0.1, 0.15) is 31.7 Å². The number of hydrogen-bond donors (Lipinski definition) is 2. The molecule has 0 atom stereocenters. The van der Waals surface area contributed by atoms with E-state index < -0.39 is 0 Å². The van der Waals surface area contributed by atoms with Crippen LogP contribution in [0.3, 0.4) is 0 Å². The Morgan fingerprint density at radius 3 is 2.50 bits per heavy atom. The van der Waals surface area contributed by atoms with Crippen LogP contribution in [-0.4, -0.2) is 50.1 Å². The average molecular weight is 448 g/mol.